The van der Waals surface area contributed by atoms with Gasteiger partial charge in [0.1, 0.15) is 0 Å². The topological polar surface area (TPSA) is 43.8 Å². The quantitative estimate of drug-likeness (QED) is 0.942. The van der Waals surface area contributed by atoms with Crippen LogP contribution in [0.4, 0.5) is 0 Å². The molecule has 0 aliphatic carbocycles. The molecule has 0 bridgehead atoms. The van der Waals surface area contributed by atoms with Gasteiger partial charge in [0, 0.05) is 12.2 Å². The van der Waals surface area contributed by atoms with Crippen molar-refractivity contribution >= 4 is 15.9 Å². The summed E-state index contributed by atoms with van der Waals surface area (Å²) in [7, 11) is 0. The van der Waals surface area contributed by atoms with Gasteiger partial charge in [0.25, 0.3) is 0 Å². The zero-order chi connectivity index (χ0) is 13.1. The van der Waals surface area contributed by atoms with Gasteiger partial charge in [-0.05, 0) is 52.9 Å². The molecule has 0 spiro atoms. The zero-order valence-corrected chi connectivity index (χ0v) is 12.3. The van der Waals surface area contributed by atoms with Crippen LogP contribution in [0.1, 0.15) is 24.5 Å². The average molecular weight is 308 g/mol. The Balaban J connectivity index is 2.32. The molecule has 1 heterocycles. The van der Waals surface area contributed by atoms with Crippen molar-refractivity contribution in [3.63, 3.8) is 0 Å². The summed E-state index contributed by atoms with van der Waals surface area (Å²) in [4.78, 5) is 0. The Kier molecular flexibility index (Phi) is 4.19. The Morgan fingerprint density at radius 3 is 2.83 bits per heavy atom. The molecule has 2 aromatic rings. The molecule has 0 radical (unpaired) electrons. The molecule has 0 amide bonds. The predicted molar refractivity (Wildman–Crippen MR) is 78.0 cm³/mol. The van der Waals surface area contributed by atoms with E-state index in [1.54, 1.807) is 6.20 Å². The number of hydrogen-bond acceptors (Lipinski definition) is 2. The van der Waals surface area contributed by atoms with E-state index in [-0.39, 0.29) is 6.04 Å². The van der Waals surface area contributed by atoms with Crippen LogP contribution in [0.5, 0.6) is 0 Å². The summed E-state index contributed by atoms with van der Waals surface area (Å²) in [5, 5.41) is 4.33. The lowest BCUT2D eigenvalue weighted by Crippen LogP contribution is -2.21. The fourth-order valence-corrected chi connectivity index (χ4v) is 2.19. The van der Waals surface area contributed by atoms with E-state index in [9.17, 15) is 0 Å². The highest BCUT2D eigenvalue weighted by Crippen LogP contribution is 2.19. The van der Waals surface area contributed by atoms with Gasteiger partial charge in [0.15, 0.2) is 0 Å². The molecule has 2 N–H and O–H groups in total. The average Bonchev–Trinajstić information content (AvgIpc) is 2.78. The molecule has 4 heteroatoms. The molecular formula is C14H18BrN3. The molecule has 0 saturated carbocycles. The van der Waals surface area contributed by atoms with Gasteiger partial charge in [-0.3, -0.25) is 0 Å². The molecule has 1 aromatic carbocycles. The van der Waals surface area contributed by atoms with Crippen LogP contribution >= 0.6 is 15.9 Å². The number of halogens is 1. The lowest BCUT2D eigenvalue weighted by molar-refractivity contribution is 0.646. The van der Waals surface area contributed by atoms with Crippen LogP contribution in [0, 0.1) is 6.92 Å². The second kappa shape index (κ2) is 5.67. The van der Waals surface area contributed by atoms with Gasteiger partial charge in [0.05, 0.1) is 16.4 Å². The molecule has 3 nitrogen and oxygen atoms in total. The maximum atomic E-state index is 6.01. The van der Waals surface area contributed by atoms with Gasteiger partial charge in [-0.1, -0.05) is 19.1 Å². The van der Waals surface area contributed by atoms with Crippen LogP contribution in [0.2, 0.25) is 0 Å². The summed E-state index contributed by atoms with van der Waals surface area (Å²) in [5.41, 5.74) is 9.59. The Hall–Kier alpha value is -1.13. The number of nitrogens with two attached hydrogens (primary N) is 1. The van der Waals surface area contributed by atoms with Crippen molar-refractivity contribution in [3.05, 3.63) is 46.2 Å². The molecule has 1 aromatic heterocycles. The highest BCUT2D eigenvalue weighted by atomic mass is 79.9. The molecule has 18 heavy (non-hydrogen) atoms. The first-order valence-electron chi connectivity index (χ1n) is 6.15. The monoisotopic (exact) mass is 307 g/mol. The second-order valence-electron chi connectivity index (χ2n) is 4.60. The Morgan fingerprint density at radius 2 is 2.22 bits per heavy atom. The Bertz CT molecular complexity index is 534. The lowest BCUT2D eigenvalue weighted by Gasteiger charge is -2.12. The minimum Gasteiger partial charge on any atom is -0.327 e. The Labute approximate surface area is 116 Å². The Morgan fingerprint density at radius 1 is 1.44 bits per heavy atom. The minimum atomic E-state index is 0.227. The summed E-state index contributed by atoms with van der Waals surface area (Å²) >= 11 is 3.42. The number of aromatic nitrogens is 2. The van der Waals surface area contributed by atoms with Crippen LogP contribution in [0.15, 0.2) is 35.1 Å². The molecule has 0 aliphatic heterocycles. The summed E-state index contributed by atoms with van der Waals surface area (Å²) in [5.74, 6) is 0. The molecule has 0 fully saturated rings. The number of rotatable bonds is 4. The zero-order valence-electron chi connectivity index (χ0n) is 10.7. The van der Waals surface area contributed by atoms with E-state index in [2.05, 4.69) is 53.1 Å². The van der Waals surface area contributed by atoms with Crippen molar-refractivity contribution in [2.45, 2.75) is 32.7 Å². The third-order valence-corrected chi connectivity index (χ3v) is 3.50. The lowest BCUT2D eigenvalue weighted by atomic mass is 10.0. The number of benzene rings is 1. The van der Waals surface area contributed by atoms with Crippen molar-refractivity contribution in [2.75, 3.05) is 0 Å². The minimum absolute atomic E-state index is 0.227. The van der Waals surface area contributed by atoms with Gasteiger partial charge in [-0.2, -0.15) is 5.10 Å². The first-order chi connectivity index (χ1) is 8.60. The molecule has 96 valence electrons. The predicted octanol–water partition coefficient (Wildman–Crippen LogP) is 3.22. The van der Waals surface area contributed by atoms with Crippen LogP contribution in [-0.4, -0.2) is 15.8 Å². The molecule has 2 rings (SSSR count). The summed E-state index contributed by atoms with van der Waals surface area (Å²) in [6.07, 6.45) is 5.67. The van der Waals surface area contributed by atoms with Crippen LogP contribution in [0.3, 0.4) is 0 Å². The van der Waals surface area contributed by atoms with Gasteiger partial charge in [-0.25, -0.2) is 4.68 Å². The molecular weight excluding hydrogens is 290 g/mol. The fourth-order valence-electron chi connectivity index (χ4n) is 1.91. The van der Waals surface area contributed by atoms with Crippen molar-refractivity contribution in [1.82, 2.24) is 9.78 Å². The van der Waals surface area contributed by atoms with E-state index in [4.69, 9.17) is 5.73 Å². The third-order valence-electron chi connectivity index (χ3n) is 3.09. The second-order valence-corrected chi connectivity index (χ2v) is 5.51. The first kappa shape index (κ1) is 13.3. The van der Waals surface area contributed by atoms with Gasteiger partial charge < -0.3 is 5.73 Å². The van der Waals surface area contributed by atoms with Crippen LogP contribution in [0.25, 0.3) is 5.69 Å². The van der Waals surface area contributed by atoms with Gasteiger partial charge in [-0.15, -0.1) is 0 Å². The van der Waals surface area contributed by atoms with Crippen molar-refractivity contribution in [1.29, 1.82) is 0 Å². The number of hydrogen-bond donors (Lipinski definition) is 1. The fraction of sp³-hybridized carbons (Fsp3) is 0.357. The van der Waals surface area contributed by atoms with Crippen LogP contribution in [-0.2, 0) is 6.42 Å². The largest absolute Gasteiger partial charge is 0.327 e. The number of aryl methyl sites for hydroxylation is 1. The maximum Gasteiger partial charge on any atom is 0.0677 e. The highest BCUT2D eigenvalue weighted by Gasteiger charge is 2.07. The van der Waals surface area contributed by atoms with Gasteiger partial charge in [0.2, 0.25) is 0 Å². The maximum absolute atomic E-state index is 6.01. The molecule has 1 unspecified atom stereocenters. The van der Waals surface area contributed by atoms with E-state index < -0.39 is 0 Å². The van der Waals surface area contributed by atoms with Crippen molar-refractivity contribution in [3.8, 4) is 5.69 Å². The summed E-state index contributed by atoms with van der Waals surface area (Å²) in [6, 6.07) is 6.67. The summed E-state index contributed by atoms with van der Waals surface area (Å²) < 4.78 is 2.87. The normalized spacial score (nSPS) is 12.7. The van der Waals surface area contributed by atoms with E-state index in [0.29, 0.717) is 0 Å². The van der Waals surface area contributed by atoms with E-state index in [1.165, 1.54) is 11.1 Å². The van der Waals surface area contributed by atoms with Crippen molar-refractivity contribution < 1.29 is 0 Å². The van der Waals surface area contributed by atoms with Gasteiger partial charge >= 0.3 is 0 Å². The standard InChI is InChI=1S/C14H18BrN3/c1-3-13(16)6-11-5-4-10(2)14(7-11)18-9-12(15)8-17-18/h4-5,7-9,13H,3,6,16H2,1-2H3. The SMILES string of the molecule is CCC(N)Cc1ccc(C)c(-n2cc(Br)cn2)c1. The molecule has 1 atom stereocenters. The summed E-state index contributed by atoms with van der Waals surface area (Å²) in [6.45, 7) is 4.21. The van der Waals surface area contributed by atoms with E-state index in [0.717, 1.165) is 23.0 Å². The smallest absolute Gasteiger partial charge is 0.0677 e. The highest BCUT2D eigenvalue weighted by molar-refractivity contribution is 9.10. The molecule has 0 saturated heterocycles. The third kappa shape index (κ3) is 3.00. The van der Waals surface area contributed by atoms with E-state index in [1.807, 2.05) is 10.9 Å². The molecule has 0 aliphatic rings. The first-order valence-corrected chi connectivity index (χ1v) is 6.95. The van der Waals surface area contributed by atoms with Crippen molar-refractivity contribution in [2.24, 2.45) is 5.73 Å². The van der Waals surface area contributed by atoms with Crippen LogP contribution < -0.4 is 5.73 Å². The van der Waals surface area contributed by atoms with E-state index >= 15 is 0 Å². The number of nitrogens with zero attached hydrogens (tertiary/aromatic N) is 2.